The number of carbonyl (C=O) groups is 1. The fraction of sp³-hybridized carbons (Fsp3) is 0.917. The highest BCUT2D eigenvalue weighted by molar-refractivity contribution is 5.74. The van der Waals surface area contributed by atoms with Crippen LogP contribution in [0.2, 0.25) is 0 Å². The van der Waals surface area contributed by atoms with Crippen molar-refractivity contribution in [2.75, 3.05) is 13.1 Å². The second kappa shape index (κ2) is 6.70. The SMILES string of the molecule is CCNC(=O)N(CC(C)C)C(C)C(C)C. The van der Waals surface area contributed by atoms with Gasteiger partial charge in [-0.3, -0.25) is 0 Å². The van der Waals surface area contributed by atoms with E-state index in [0.717, 1.165) is 6.54 Å². The normalized spacial score (nSPS) is 13.1. The standard InChI is InChI=1S/C12H26N2O/c1-7-13-12(15)14(8-9(2)3)11(6)10(4)5/h9-11H,7-8H2,1-6H3,(H,13,15). The number of hydrogen-bond acceptors (Lipinski definition) is 1. The van der Waals surface area contributed by atoms with Gasteiger partial charge in [0.15, 0.2) is 0 Å². The Balaban J connectivity index is 4.49. The van der Waals surface area contributed by atoms with Gasteiger partial charge in [-0.1, -0.05) is 27.7 Å². The van der Waals surface area contributed by atoms with Crippen molar-refractivity contribution in [1.82, 2.24) is 10.2 Å². The van der Waals surface area contributed by atoms with Crippen molar-refractivity contribution in [2.45, 2.75) is 47.6 Å². The van der Waals surface area contributed by atoms with Crippen LogP contribution in [0.15, 0.2) is 0 Å². The topological polar surface area (TPSA) is 32.3 Å². The molecular formula is C12H26N2O. The minimum absolute atomic E-state index is 0.0624. The smallest absolute Gasteiger partial charge is 0.317 e. The quantitative estimate of drug-likeness (QED) is 0.750. The van der Waals surface area contributed by atoms with Crippen LogP contribution in [0.1, 0.15) is 41.5 Å². The zero-order chi connectivity index (χ0) is 12.0. The van der Waals surface area contributed by atoms with E-state index in [1.54, 1.807) is 0 Å². The molecule has 0 aromatic rings. The highest BCUT2D eigenvalue weighted by Gasteiger charge is 2.22. The average molecular weight is 214 g/mol. The highest BCUT2D eigenvalue weighted by atomic mass is 16.2. The predicted octanol–water partition coefficient (Wildman–Crippen LogP) is 2.72. The lowest BCUT2D eigenvalue weighted by Gasteiger charge is -2.33. The Morgan fingerprint density at radius 2 is 1.73 bits per heavy atom. The number of carbonyl (C=O) groups excluding carboxylic acids is 1. The maximum atomic E-state index is 11.8. The lowest BCUT2D eigenvalue weighted by atomic mass is 10.0. The Hall–Kier alpha value is -0.730. The van der Waals surface area contributed by atoms with Gasteiger partial charge in [0, 0.05) is 19.1 Å². The Bertz CT molecular complexity index is 190. The van der Waals surface area contributed by atoms with Crippen molar-refractivity contribution in [3.05, 3.63) is 0 Å². The maximum Gasteiger partial charge on any atom is 0.317 e. The zero-order valence-corrected chi connectivity index (χ0v) is 11.0. The molecule has 0 bridgehead atoms. The first-order valence-corrected chi connectivity index (χ1v) is 5.94. The van der Waals surface area contributed by atoms with Gasteiger partial charge in [0.1, 0.15) is 0 Å². The van der Waals surface area contributed by atoms with E-state index in [0.29, 0.717) is 24.4 Å². The number of hydrogen-bond donors (Lipinski definition) is 1. The molecule has 0 spiro atoms. The first-order valence-electron chi connectivity index (χ1n) is 5.94. The van der Waals surface area contributed by atoms with Crippen LogP contribution in [0.5, 0.6) is 0 Å². The summed E-state index contributed by atoms with van der Waals surface area (Å²) in [5.41, 5.74) is 0. The van der Waals surface area contributed by atoms with E-state index < -0.39 is 0 Å². The van der Waals surface area contributed by atoms with E-state index in [2.05, 4.69) is 39.9 Å². The molecule has 0 fully saturated rings. The van der Waals surface area contributed by atoms with E-state index in [9.17, 15) is 4.79 Å². The summed E-state index contributed by atoms with van der Waals surface area (Å²) >= 11 is 0. The molecule has 0 aliphatic rings. The van der Waals surface area contributed by atoms with E-state index in [4.69, 9.17) is 0 Å². The molecular weight excluding hydrogens is 188 g/mol. The monoisotopic (exact) mass is 214 g/mol. The van der Waals surface area contributed by atoms with Crippen LogP contribution in [-0.4, -0.2) is 30.1 Å². The molecule has 0 aromatic heterocycles. The molecule has 3 heteroatoms. The Kier molecular flexibility index (Phi) is 6.37. The molecule has 0 saturated heterocycles. The molecule has 1 unspecified atom stereocenters. The van der Waals surface area contributed by atoms with Gasteiger partial charge in [-0.15, -0.1) is 0 Å². The van der Waals surface area contributed by atoms with E-state index in [1.807, 2.05) is 11.8 Å². The summed E-state index contributed by atoms with van der Waals surface area (Å²) in [6.07, 6.45) is 0. The second-order valence-corrected chi connectivity index (χ2v) is 4.87. The summed E-state index contributed by atoms with van der Waals surface area (Å²) in [7, 11) is 0. The lowest BCUT2D eigenvalue weighted by molar-refractivity contribution is 0.153. The maximum absolute atomic E-state index is 11.8. The van der Waals surface area contributed by atoms with E-state index >= 15 is 0 Å². The van der Waals surface area contributed by atoms with Gasteiger partial charge in [0.25, 0.3) is 0 Å². The molecule has 1 atom stereocenters. The highest BCUT2D eigenvalue weighted by Crippen LogP contribution is 2.12. The summed E-state index contributed by atoms with van der Waals surface area (Å²) in [4.78, 5) is 13.8. The molecule has 0 aliphatic heterocycles. The molecule has 90 valence electrons. The van der Waals surface area contributed by atoms with Crippen LogP contribution in [-0.2, 0) is 0 Å². The fourth-order valence-electron chi connectivity index (χ4n) is 1.44. The van der Waals surface area contributed by atoms with Crippen LogP contribution in [0.25, 0.3) is 0 Å². The molecule has 0 aromatic carbocycles. The molecule has 15 heavy (non-hydrogen) atoms. The van der Waals surface area contributed by atoms with Crippen molar-refractivity contribution in [3.63, 3.8) is 0 Å². The summed E-state index contributed by atoms with van der Waals surface area (Å²) in [6, 6.07) is 0.353. The molecule has 0 heterocycles. The van der Waals surface area contributed by atoms with Crippen LogP contribution >= 0.6 is 0 Å². The van der Waals surface area contributed by atoms with Gasteiger partial charge in [0.05, 0.1) is 0 Å². The summed E-state index contributed by atoms with van der Waals surface area (Å²) < 4.78 is 0. The Morgan fingerprint density at radius 3 is 2.07 bits per heavy atom. The lowest BCUT2D eigenvalue weighted by Crippen LogP contribution is -2.48. The van der Waals surface area contributed by atoms with E-state index in [-0.39, 0.29) is 6.03 Å². The molecule has 0 aliphatic carbocycles. The van der Waals surface area contributed by atoms with Crippen molar-refractivity contribution < 1.29 is 4.79 Å². The van der Waals surface area contributed by atoms with Gasteiger partial charge >= 0.3 is 6.03 Å². The number of amides is 2. The summed E-state index contributed by atoms with van der Waals surface area (Å²) in [5, 5.41) is 2.87. The van der Waals surface area contributed by atoms with Gasteiger partial charge in [-0.05, 0) is 25.7 Å². The Labute approximate surface area is 94.2 Å². The molecule has 0 radical (unpaired) electrons. The summed E-state index contributed by atoms with van der Waals surface area (Å²) in [6.45, 7) is 14.2. The van der Waals surface area contributed by atoms with Crippen LogP contribution in [0.3, 0.4) is 0 Å². The molecule has 0 rings (SSSR count). The third kappa shape index (κ3) is 5.05. The van der Waals surface area contributed by atoms with Crippen LogP contribution in [0, 0.1) is 11.8 Å². The molecule has 1 N–H and O–H groups in total. The fourth-order valence-corrected chi connectivity index (χ4v) is 1.44. The second-order valence-electron chi connectivity index (χ2n) is 4.87. The van der Waals surface area contributed by atoms with Gasteiger partial charge in [0.2, 0.25) is 0 Å². The third-order valence-electron chi connectivity index (χ3n) is 2.61. The molecule has 0 saturated carbocycles. The van der Waals surface area contributed by atoms with Gasteiger partial charge < -0.3 is 10.2 Å². The van der Waals surface area contributed by atoms with Gasteiger partial charge in [-0.2, -0.15) is 0 Å². The minimum atomic E-state index is 0.0624. The number of rotatable bonds is 5. The molecule has 2 amide bonds. The first-order chi connectivity index (χ1) is 6.90. The van der Waals surface area contributed by atoms with Crippen molar-refractivity contribution in [2.24, 2.45) is 11.8 Å². The number of nitrogens with one attached hydrogen (secondary N) is 1. The average Bonchev–Trinajstić information content (AvgIpc) is 2.13. The van der Waals surface area contributed by atoms with Crippen LogP contribution in [0.4, 0.5) is 4.79 Å². The van der Waals surface area contributed by atoms with Gasteiger partial charge in [-0.25, -0.2) is 4.79 Å². The Morgan fingerprint density at radius 1 is 1.20 bits per heavy atom. The summed E-state index contributed by atoms with van der Waals surface area (Å²) in [5.74, 6) is 1.00. The predicted molar refractivity (Wildman–Crippen MR) is 64.9 cm³/mol. The minimum Gasteiger partial charge on any atom is -0.338 e. The van der Waals surface area contributed by atoms with Crippen molar-refractivity contribution in [1.29, 1.82) is 0 Å². The van der Waals surface area contributed by atoms with Crippen molar-refractivity contribution in [3.8, 4) is 0 Å². The third-order valence-corrected chi connectivity index (χ3v) is 2.61. The molecule has 3 nitrogen and oxygen atoms in total. The number of nitrogens with zero attached hydrogens (tertiary/aromatic N) is 1. The zero-order valence-electron chi connectivity index (χ0n) is 11.0. The van der Waals surface area contributed by atoms with Crippen molar-refractivity contribution >= 4 is 6.03 Å². The number of urea groups is 1. The first kappa shape index (κ1) is 14.3. The largest absolute Gasteiger partial charge is 0.338 e. The van der Waals surface area contributed by atoms with Crippen LogP contribution < -0.4 is 5.32 Å². The van der Waals surface area contributed by atoms with E-state index in [1.165, 1.54) is 0 Å².